The molecular formula is C24H19N7O2. The van der Waals surface area contributed by atoms with E-state index in [9.17, 15) is 4.79 Å². The highest BCUT2D eigenvalue weighted by molar-refractivity contribution is 6.05. The summed E-state index contributed by atoms with van der Waals surface area (Å²) in [5.74, 6) is 1.43. The minimum Gasteiger partial charge on any atom is -0.438 e. The Kier molecular flexibility index (Phi) is 5.50. The lowest BCUT2D eigenvalue weighted by molar-refractivity contribution is 0.259. The Balaban J connectivity index is 1.38. The van der Waals surface area contributed by atoms with Gasteiger partial charge in [0.1, 0.15) is 5.75 Å². The van der Waals surface area contributed by atoms with Gasteiger partial charge in [-0.25, -0.2) is 15.2 Å². The zero-order valence-electron chi connectivity index (χ0n) is 17.3. The van der Waals surface area contributed by atoms with Crippen LogP contribution in [-0.4, -0.2) is 25.9 Å². The number of nitrogens with zero attached hydrogens (tertiary/aromatic N) is 4. The molecular weight excluding hydrogens is 418 g/mol. The van der Waals surface area contributed by atoms with Gasteiger partial charge >= 0.3 is 6.03 Å². The van der Waals surface area contributed by atoms with Crippen LogP contribution in [-0.2, 0) is 0 Å². The predicted molar refractivity (Wildman–Crippen MR) is 126 cm³/mol. The van der Waals surface area contributed by atoms with Crippen molar-refractivity contribution in [1.82, 2.24) is 19.9 Å². The molecule has 0 atom stereocenters. The van der Waals surface area contributed by atoms with Gasteiger partial charge in [-0.2, -0.15) is 14.9 Å². The predicted octanol–water partition coefficient (Wildman–Crippen LogP) is 5.14. The van der Waals surface area contributed by atoms with E-state index < -0.39 is 6.03 Å². The second-order valence-electron chi connectivity index (χ2n) is 6.98. The van der Waals surface area contributed by atoms with Crippen LogP contribution in [0.1, 0.15) is 0 Å². The molecule has 0 aliphatic rings. The first-order chi connectivity index (χ1) is 16.2. The summed E-state index contributed by atoms with van der Waals surface area (Å²) in [4.78, 5) is 22.4. The number of fused-ring (bicyclic) bond motifs is 1. The van der Waals surface area contributed by atoms with Crippen molar-refractivity contribution in [2.45, 2.75) is 0 Å². The molecule has 5 rings (SSSR count). The van der Waals surface area contributed by atoms with Gasteiger partial charge in [0, 0.05) is 34.9 Å². The van der Waals surface area contributed by atoms with E-state index in [0.717, 1.165) is 16.5 Å². The molecule has 2 amide bonds. The van der Waals surface area contributed by atoms with Crippen molar-refractivity contribution < 1.29 is 9.53 Å². The maximum absolute atomic E-state index is 12.3. The van der Waals surface area contributed by atoms with Gasteiger partial charge < -0.3 is 15.4 Å². The maximum atomic E-state index is 12.3. The van der Waals surface area contributed by atoms with Crippen LogP contribution in [0, 0.1) is 0 Å². The van der Waals surface area contributed by atoms with Crippen LogP contribution in [0.15, 0.2) is 97.5 Å². The highest BCUT2D eigenvalue weighted by atomic mass is 16.5. The number of aromatic nitrogens is 4. The number of anilines is 3. The molecule has 0 fully saturated rings. The van der Waals surface area contributed by atoms with E-state index in [2.05, 4.69) is 31.1 Å². The number of amides is 2. The van der Waals surface area contributed by atoms with Crippen molar-refractivity contribution in [1.29, 1.82) is 0 Å². The first-order valence-electron chi connectivity index (χ1n) is 10.2. The lowest BCUT2D eigenvalue weighted by atomic mass is 10.1. The van der Waals surface area contributed by atoms with Crippen molar-refractivity contribution in [3.05, 3.63) is 97.5 Å². The van der Waals surface area contributed by atoms with Crippen LogP contribution in [0.5, 0.6) is 11.6 Å². The molecule has 2 aromatic heterocycles. The quantitative estimate of drug-likeness (QED) is 0.340. The maximum Gasteiger partial charge on any atom is 0.339 e. The SMILES string of the molecule is O=C(Nc1ccc(Oc2ccnc(Nc3ccccc3)n2)c2ccccc12)Nn1cccn1. The fourth-order valence-corrected chi connectivity index (χ4v) is 3.28. The van der Waals surface area contributed by atoms with Crippen LogP contribution in [0.25, 0.3) is 10.8 Å². The Morgan fingerprint density at radius 2 is 1.67 bits per heavy atom. The minimum absolute atomic E-state index is 0.394. The van der Waals surface area contributed by atoms with Crippen molar-refractivity contribution in [2.75, 3.05) is 16.1 Å². The van der Waals surface area contributed by atoms with Crippen molar-refractivity contribution in [3.63, 3.8) is 0 Å². The molecule has 0 radical (unpaired) electrons. The summed E-state index contributed by atoms with van der Waals surface area (Å²) >= 11 is 0. The fraction of sp³-hybridized carbons (Fsp3) is 0. The molecule has 2 heterocycles. The number of ether oxygens (including phenoxy) is 1. The first-order valence-corrected chi connectivity index (χ1v) is 10.2. The van der Waals surface area contributed by atoms with Crippen molar-refractivity contribution >= 4 is 34.1 Å². The molecule has 5 aromatic rings. The number of hydrogen-bond donors (Lipinski definition) is 3. The number of urea groups is 1. The number of carbonyl (C=O) groups excluding carboxylic acids is 1. The standard InChI is InChI=1S/C24H19N7O2/c32-24(30-31-16-6-14-26-31)28-20-11-12-21(19-10-5-4-9-18(19)20)33-22-13-15-25-23(29-22)27-17-7-2-1-3-8-17/h1-16H,(H,25,27,29)(H2,28,30,32). The Bertz CT molecular complexity index is 1390. The van der Waals surface area contributed by atoms with Crippen molar-refractivity contribution in [3.8, 4) is 11.6 Å². The molecule has 9 nitrogen and oxygen atoms in total. The van der Waals surface area contributed by atoms with E-state index >= 15 is 0 Å². The molecule has 3 aromatic carbocycles. The molecule has 3 N–H and O–H groups in total. The Labute approximate surface area is 189 Å². The normalized spacial score (nSPS) is 10.5. The lowest BCUT2D eigenvalue weighted by Gasteiger charge is -2.13. The zero-order valence-corrected chi connectivity index (χ0v) is 17.3. The fourth-order valence-electron chi connectivity index (χ4n) is 3.28. The Hall–Kier alpha value is -4.92. The van der Waals surface area contributed by atoms with Gasteiger partial charge in [0.25, 0.3) is 0 Å². The number of benzene rings is 3. The molecule has 0 saturated carbocycles. The second kappa shape index (κ2) is 9.06. The number of para-hydroxylation sites is 1. The van der Waals surface area contributed by atoms with E-state index in [-0.39, 0.29) is 0 Å². The average Bonchev–Trinajstić information content (AvgIpc) is 3.34. The molecule has 0 bridgehead atoms. The molecule has 0 spiro atoms. The van der Waals surface area contributed by atoms with Gasteiger partial charge in [-0.3, -0.25) is 0 Å². The molecule has 33 heavy (non-hydrogen) atoms. The smallest absolute Gasteiger partial charge is 0.339 e. The van der Waals surface area contributed by atoms with E-state index in [1.807, 2.05) is 54.6 Å². The van der Waals surface area contributed by atoms with Gasteiger partial charge in [0.05, 0.1) is 11.9 Å². The van der Waals surface area contributed by atoms with E-state index in [1.165, 1.54) is 4.79 Å². The Morgan fingerprint density at radius 1 is 0.848 bits per heavy atom. The van der Waals surface area contributed by atoms with Gasteiger partial charge in [0.2, 0.25) is 11.8 Å². The largest absolute Gasteiger partial charge is 0.438 e. The number of rotatable bonds is 6. The van der Waals surface area contributed by atoms with E-state index in [0.29, 0.717) is 23.3 Å². The summed E-state index contributed by atoms with van der Waals surface area (Å²) in [5.41, 5.74) is 4.13. The van der Waals surface area contributed by atoms with E-state index in [1.54, 1.807) is 42.9 Å². The summed E-state index contributed by atoms with van der Waals surface area (Å²) in [5, 5.41) is 11.6. The van der Waals surface area contributed by atoms with E-state index in [4.69, 9.17) is 4.74 Å². The second-order valence-corrected chi connectivity index (χ2v) is 6.98. The van der Waals surface area contributed by atoms with Crippen LogP contribution >= 0.6 is 0 Å². The third-order valence-electron chi connectivity index (χ3n) is 4.73. The minimum atomic E-state index is -0.412. The molecule has 0 saturated heterocycles. The van der Waals surface area contributed by atoms with Gasteiger partial charge in [-0.1, -0.05) is 42.5 Å². The average molecular weight is 437 g/mol. The summed E-state index contributed by atoms with van der Waals surface area (Å²) in [7, 11) is 0. The van der Waals surface area contributed by atoms with Crippen LogP contribution in [0.4, 0.5) is 22.1 Å². The zero-order chi connectivity index (χ0) is 22.5. The van der Waals surface area contributed by atoms with Gasteiger partial charge in [0.15, 0.2) is 0 Å². The highest BCUT2D eigenvalue weighted by Crippen LogP contribution is 2.34. The summed E-state index contributed by atoms with van der Waals surface area (Å²) in [6, 6.07) is 23.9. The van der Waals surface area contributed by atoms with Crippen LogP contribution < -0.4 is 20.8 Å². The summed E-state index contributed by atoms with van der Waals surface area (Å²) < 4.78 is 6.08. The first kappa shape index (κ1) is 20.0. The topological polar surface area (TPSA) is 106 Å². The number of nitrogens with one attached hydrogen (secondary N) is 3. The molecule has 0 aliphatic heterocycles. The Morgan fingerprint density at radius 3 is 2.48 bits per heavy atom. The lowest BCUT2D eigenvalue weighted by Crippen LogP contribution is -2.28. The van der Waals surface area contributed by atoms with Crippen LogP contribution in [0.3, 0.4) is 0 Å². The van der Waals surface area contributed by atoms with Gasteiger partial charge in [-0.05, 0) is 30.3 Å². The number of carbonyl (C=O) groups is 1. The molecule has 9 heteroatoms. The summed E-state index contributed by atoms with van der Waals surface area (Å²) in [6.45, 7) is 0. The molecule has 0 unspecified atom stereocenters. The molecule has 162 valence electrons. The van der Waals surface area contributed by atoms with Crippen LogP contribution in [0.2, 0.25) is 0 Å². The number of hydrogen-bond acceptors (Lipinski definition) is 6. The molecule has 0 aliphatic carbocycles. The third kappa shape index (κ3) is 4.72. The van der Waals surface area contributed by atoms with Gasteiger partial charge in [-0.15, -0.1) is 0 Å². The summed E-state index contributed by atoms with van der Waals surface area (Å²) in [6.07, 6.45) is 4.85. The monoisotopic (exact) mass is 437 g/mol. The van der Waals surface area contributed by atoms with Crippen molar-refractivity contribution in [2.24, 2.45) is 0 Å². The third-order valence-corrected chi connectivity index (χ3v) is 4.73. The highest BCUT2D eigenvalue weighted by Gasteiger charge is 2.11.